The molecular weight excluding hydrogens is 192 g/mol. The van der Waals surface area contributed by atoms with Crippen LogP contribution in [0.15, 0.2) is 0 Å². The van der Waals surface area contributed by atoms with Gasteiger partial charge in [-0.3, -0.25) is 15.4 Å². The minimum absolute atomic E-state index is 0.266. The minimum atomic E-state index is -0.348. The Kier molecular flexibility index (Phi) is 8.33. The molecule has 90 valence electrons. The molecule has 0 spiro atoms. The van der Waals surface area contributed by atoms with Gasteiger partial charge in [0.05, 0.1) is 0 Å². The Hall–Kier alpha value is -0.610. The second-order valence-electron chi connectivity index (χ2n) is 4.04. The number of nitrogens with one attached hydrogen (secondary N) is 2. The van der Waals surface area contributed by atoms with Gasteiger partial charge in [-0.1, -0.05) is 20.8 Å². The van der Waals surface area contributed by atoms with E-state index in [1.165, 1.54) is 13.3 Å². The first-order valence-electron chi connectivity index (χ1n) is 5.70. The monoisotopic (exact) mass is 216 g/mol. The molecule has 4 heteroatoms. The van der Waals surface area contributed by atoms with Crippen LogP contribution in [-0.2, 0) is 9.53 Å². The van der Waals surface area contributed by atoms with Crippen LogP contribution in [0.1, 0.15) is 40.5 Å². The molecule has 0 amide bonds. The van der Waals surface area contributed by atoms with Crippen molar-refractivity contribution in [1.29, 1.82) is 0 Å². The first kappa shape index (κ1) is 14.4. The number of carbonyl (C=O) groups excluding carboxylic acids is 1. The highest BCUT2D eigenvalue weighted by Gasteiger charge is 2.08. The lowest BCUT2D eigenvalue weighted by Crippen LogP contribution is -2.45. The lowest BCUT2D eigenvalue weighted by Gasteiger charge is -2.19. The smallest absolute Gasteiger partial charge is 0.305 e. The Labute approximate surface area is 92.8 Å². The predicted octanol–water partition coefficient (Wildman–Crippen LogP) is 1.47. The zero-order chi connectivity index (χ0) is 11.7. The van der Waals surface area contributed by atoms with E-state index in [-0.39, 0.29) is 12.3 Å². The predicted molar refractivity (Wildman–Crippen MR) is 61.3 cm³/mol. The Morgan fingerprint density at radius 1 is 1.33 bits per heavy atom. The summed E-state index contributed by atoms with van der Waals surface area (Å²) in [6.07, 6.45) is 1.94. The number of rotatable bonds is 8. The fourth-order valence-corrected chi connectivity index (χ4v) is 1.25. The molecule has 0 aromatic carbocycles. The van der Waals surface area contributed by atoms with Crippen molar-refractivity contribution in [1.82, 2.24) is 10.6 Å². The second-order valence-corrected chi connectivity index (χ2v) is 4.04. The Bertz CT molecular complexity index is 172. The fourth-order valence-electron chi connectivity index (χ4n) is 1.25. The average molecular weight is 216 g/mol. The molecule has 0 aromatic heterocycles. The van der Waals surface area contributed by atoms with E-state index in [0.717, 1.165) is 25.4 Å². The Morgan fingerprint density at radius 3 is 2.47 bits per heavy atom. The maximum absolute atomic E-state index is 10.8. The highest BCUT2D eigenvalue weighted by atomic mass is 16.6. The quantitative estimate of drug-likeness (QED) is 0.366. The molecule has 0 aromatic rings. The third-order valence-electron chi connectivity index (χ3n) is 1.96. The van der Waals surface area contributed by atoms with Gasteiger partial charge in [0.1, 0.15) is 0 Å². The third-order valence-corrected chi connectivity index (χ3v) is 1.96. The summed E-state index contributed by atoms with van der Waals surface area (Å²) in [7, 11) is 0. The molecule has 0 aliphatic heterocycles. The van der Waals surface area contributed by atoms with Gasteiger partial charge in [-0.15, -0.1) is 0 Å². The van der Waals surface area contributed by atoms with Gasteiger partial charge < -0.3 is 4.74 Å². The van der Waals surface area contributed by atoms with Crippen molar-refractivity contribution in [2.24, 2.45) is 5.92 Å². The molecule has 4 nitrogen and oxygen atoms in total. The van der Waals surface area contributed by atoms with Gasteiger partial charge in [-0.25, -0.2) is 0 Å². The van der Waals surface area contributed by atoms with E-state index in [0.29, 0.717) is 0 Å². The van der Waals surface area contributed by atoms with Crippen LogP contribution in [0.3, 0.4) is 0 Å². The summed E-state index contributed by atoms with van der Waals surface area (Å²) in [6, 6.07) is 0. The average Bonchev–Trinajstić information content (AvgIpc) is 2.11. The highest BCUT2D eigenvalue weighted by molar-refractivity contribution is 5.66. The summed E-state index contributed by atoms with van der Waals surface area (Å²) in [5.74, 6) is 0.454. The molecule has 2 N–H and O–H groups in total. The molecule has 0 radical (unpaired) electrons. The minimum Gasteiger partial charge on any atom is -0.433 e. The number of ether oxygens (including phenoxy) is 1. The third kappa shape index (κ3) is 9.69. The van der Waals surface area contributed by atoms with Crippen molar-refractivity contribution >= 4 is 5.97 Å². The standard InChI is InChI=1S/C11H24N2O2/c1-5-12-11(15-10(4)14)13-8-6-7-9(2)3/h9,11-13H,5-8H2,1-4H3. The van der Waals surface area contributed by atoms with Gasteiger partial charge in [0.25, 0.3) is 0 Å². The largest absolute Gasteiger partial charge is 0.433 e. The van der Waals surface area contributed by atoms with Crippen molar-refractivity contribution in [3.8, 4) is 0 Å². The Morgan fingerprint density at radius 2 is 2.00 bits per heavy atom. The van der Waals surface area contributed by atoms with Crippen LogP contribution in [-0.4, -0.2) is 25.4 Å². The van der Waals surface area contributed by atoms with E-state index in [1.807, 2.05) is 6.92 Å². The summed E-state index contributed by atoms with van der Waals surface area (Å²) >= 11 is 0. The van der Waals surface area contributed by atoms with Gasteiger partial charge in [0.15, 0.2) is 0 Å². The van der Waals surface area contributed by atoms with Crippen molar-refractivity contribution in [2.45, 2.75) is 46.9 Å². The van der Waals surface area contributed by atoms with Gasteiger partial charge in [0.2, 0.25) is 6.35 Å². The van der Waals surface area contributed by atoms with Crippen LogP contribution in [0.25, 0.3) is 0 Å². The molecule has 0 saturated carbocycles. The molecule has 0 aliphatic carbocycles. The maximum atomic E-state index is 10.8. The number of carbonyl (C=O) groups is 1. The molecular formula is C11H24N2O2. The summed E-state index contributed by atoms with van der Waals surface area (Å²) in [5.41, 5.74) is 0. The van der Waals surface area contributed by atoms with E-state index in [1.54, 1.807) is 0 Å². The van der Waals surface area contributed by atoms with Gasteiger partial charge in [-0.05, 0) is 31.8 Å². The molecule has 0 bridgehead atoms. The van der Waals surface area contributed by atoms with Crippen LogP contribution in [0.4, 0.5) is 0 Å². The summed E-state index contributed by atoms with van der Waals surface area (Å²) in [4.78, 5) is 10.8. The van der Waals surface area contributed by atoms with Crippen LogP contribution >= 0.6 is 0 Å². The molecule has 1 unspecified atom stereocenters. The number of esters is 1. The lowest BCUT2D eigenvalue weighted by molar-refractivity contribution is -0.149. The van der Waals surface area contributed by atoms with Crippen LogP contribution in [0.2, 0.25) is 0 Å². The highest BCUT2D eigenvalue weighted by Crippen LogP contribution is 2.01. The van der Waals surface area contributed by atoms with Crippen LogP contribution in [0, 0.1) is 5.92 Å². The summed E-state index contributed by atoms with van der Waals surface area (Å²) in [6.45, 7) is 9.44. The second kappa shape index (κ2) is 8.68. The molecule has 15 heavy (non-hydrogen) atoms. The van der Waals surface area contributed by atoms with Gasteiger partial charge in [-0.2, -0.15) is 0 Å². The molecule has 0 aliphatic rings. The Balaban J connectivity index is 3.61. The van der Waals surface area contributed by atoms with Crippen molar-refractivity contribution in [2.75, 3.05) is 13.1 Å². The van der Waals surface area contributed by atoms with E-state index in [4.69, 9.17) is 4.74 Å². The first-order valence-corrected chi connectivity index (χ1v) is 5.70. The molecule has 0 saturated heterocycles. The maximum Gasteiger partial charge on any atom is 0.305 e. The lowest BCUT2D eigenvalue weighted by atomic mass is 10.1. The van der Waals surface area contributed by atoms with Crippen molar-refractivity contribution < 1.29 is 9.53 Å². The normalized spacial score (nSPS) is 12.9. The SMILES string of the molecule is CCNC(NCCCC(C)C)OC(C)=O. The van der Waals surface area contributed by atoms with Crippen molar-refractivity contribution in [3.05, 3.63) is 0 Å². The van der Waals surface area contributed by atoms with E-state index in [9.17, 15) is 4.79 Å². The zero-order valence-corrected chi connectivity index (χ0v) is 10.3. The molecule has 0 fully saturated rings. The van der Waals surface area contributed by atoms with Gasteiger partial charge in [0, 0.05) is 6.92 Å². The molecule has 0 rings (SSSR count). The summed E-state index contributed by atoms with van der Waals surface area (Å²) < 4.78 is 5.04. The van der Waals surface area contributed by atoms with E-state index < -0.39 is 0 Å². The zero-order valence-electron chi connectivity index (χ0n) is 10.3. The van der Waals surface area contributed by atoms with Crippen LogP contribution < -0.4 is 10.6 Å². The molecule has 0 heterocycles. The van der Waals surface area contributed by atoms with Gasteiger partial charge >= 0.3 is 5.97 Å². The van der Waals surface area contributed by atoms with Crippen LogP contribution in [0.5, 0.6) is 0 Å². The van der Waals surface area contributed by atoms with E-state index >= 15 is 0 Å². The topological polar surface area (TPSA) is 50.4 Å². The summed E-state index contributed by atoms with van der Waals surface area (Å²) in [5, 5.41) is 6.20. The number of hydrogen-bond donors (Lipinski definition) is 2. The number of hydrogen-bond acceptors (Lipinski definition) is 4. The fraction of sp³-hybridized carbons (Fsp3) is 0.909. The first-order chi connectivity index (χ1) is 7.06. The van der Waals surface area contributed by atoms with Crippen molar-refractivity contribution in [3.63, 3.8) is 0 Å². The molecule has 1 atom stereocenters. The van der Waals surface area contributed by atoms with E-state index in [2.05, 4.69) is 24.5 Å².